The molecule has 84 valence electrons. The van der Waals surface area contributed by atoms with Gasteiger partial charge >= 0.3 is 23.4 Å². The number of hydrazine groups is 2. The zero-order valence-electron chi connectivity index (χ0n) is 7.42. The highest BCUT2D eigenvalue weighted by atomic mass is 16.2. The van der Waals surface area contributed by atoms with E-state index in [1.165, 1.54) is 0 Å². The lowest BCUT2D eigenvalue weighted by Gasteiger charge is -2.27. The Hall–Kier alpha value is -2.92. The summed E-state index contributed by atoms with van der Waals surface area (Å²) in [7, 11) is 0. The van der Waals surface area contributed by atoms with Gasteiger partial charge in [0.25, 0.3) is 0 Å². The quantitative estimate of drug-likeness (QED) is 0.385. The third-order valence-electron chi connectivity index (χ3n) is 1.49. The number of hydrogen-bond donors (Lipinski definition) is 4. The van der Waals surface area contributed by atoms with Crippen LogP contribution in [0.5, 0.6) is 0 Å². The first-order valence-electron chi connectivity index (χ1n) is 3.81. The number of amides is 4. The summed E-state index contributed by atoms with van der Waals surface area (Å²) >= 11 is 0. The van der Waals surface area contributed by atoms with E-state index in [1.54, 1.807) is 0 Å². The van der Waals surface area contributed by atoms with Crippen LogP contribution in [0.4, 0.5) is 9.59 Å². The fourth-order valence-electron chi connectivity index (χ4n) is 0.906. The van der Waals surface area contributed by atoms with Gasteiger partial charge in [0.15, 0.2) is 0 Å². The molecule has 4 amide bonds. The monoisotopic (exact) mass is 228 g/mol. The number of hydrogen-bond acceptors (Lipinski definition) is 6. The normalized spacial score (nSPS) is 15.1. The predicted octanol–water partition coefficient (Wildman–Crippen LogP) is -3.88. The molecule has 12 nitrogen and oxygen atoms in total. The highest BCUT2D eigenvalue weighted by Crippen LogP contribution is 1.83. The van der Waals surface area contributed by atoms with Gasteiger partial charge in [0.1, 0.15) is 0 Å². The largest absolute Gasteiger partial charge is 0.402 e. The number of carbonyl (C=O) groups is 2. The van der Waals surface area contributed by atoms with Crippen LogP contribution < -0.4 is 32.8 Å². The first-order chi connectivity index (χ1) is 7.58. The molecule has 0 bridgehead atoms. The zero-order chi connectivity index (χ0) is 11.7. The van der Waals surface area contributed by atoms with Gasteiger partial charge in [-0.15, -0.1) is 9.91 Å². The van der Waals surface area contributed by atoms with Crippen LogP contribution in [0.2, 0.25) is 0 Å². The number of carbonyl (C=O) groups excluding carboxylic acids is 2. The Kier molecular flexibility index (Phi) is 2.01. The minimum Gasteiger partial charge on any atom is -0.246 e. The van der Waals surface area contributed by atoms with E-state index < -0.39 is 23.4 Å². The topological polar surface area (TPSA) is 154 Å². The van der Waals surface area contributed by atoms with Crippen LogP contribution in [0.25, 0.3) is 0 Å². The number of nitrogens with one attached hydrogen (secondary N) is 4. The molecule has 1 fully saturated rings. The third-order valence-corrected chi connectivity index (χ3v) is 1.49. The van der Waals surface area contributed by atoms with Crippen molar-refractivity contribution in [1.82, 2.24) is 36.4 Å². The first kappa shape index (κ1) is 9.63. The van der Waals surface area contributed by atoms with Gasteiger partial charge in [-0.25, -0.2) is 40.6 Å². The van der Waals surface area contributed by atoms with Gasteiger partial charge in [0, 0.05) is 0 Å². The molecular weight excluding hydrogens is 224 g/mol. The molecule has 1 aromatic rings. The van der Waals surface area contributed by atoms with E-state index in [9.17, 15) is 19.2 Å². The summed E-state index contributed by atoms with van der Waals surface area (Å²) in [5, 5.41) is 8.15. The number of H-pyrrole nitrogens is 1. The van der Waals surface area contributed by atoms with Gasteiger partial charge in [-0.2, -0.15) is 0 Å². The average molecular weight is 228 g/mol. The van der Waals surface area contributed by atoms with Crippen molar-refractivity contribution in [2.75, 3.05) is 5.12 Å². The molecule has 1 aliphatic rings. The summed E-state index contributed by atoms with van der Waals surface area (Å²) < 4.78 is 0. The fourth-order valence-corrected chi connectivity index (χ4v) is 0.906. The first-order valence-corrected chi connectivity index (χ1v) is 3.81. The van der Waals surface area contributed by atoms with Crippen LogP contribution in [0.3, 0.4) is 0 Å². The predicted molar refractivity (Wildman–Crippen MR) is 45.3 cm³/mol. The van der Waals surface area contributed by atoms with Crippen molar-refractivity contribution in [2.24, 2.45) is 0 Å². The molecule has 1 aliphatic heterocycles. The van der Waals surface area contributed by atoms with Crippen molar-refractivity contribution in [1.29, 1.82) is 0 Å². The SMILES string of the molecule is O=C1NNC(=O)N(n2[nH]c(=O)nnc2=O)N1. The number of rotatable bonds is 1. The second-order valence-electron chi connectivity index (χ2n) is 2.52. The highest BCUT2D eigenvalue weighted by Gasteiger charge is 2.25. The molecule has 4 N–H and O–H groups in total. The minimum atomic E-state index is -1.04. The van der Waals surface area contributed by atoms with Crippen LogP contribution in [0.15, 0.2) is 9.59 Å². The highest BCUT2D eigenvalue weighted by molar-refractivity contribution is 5.92. The molecule has 0 radical (unpaired) electrons. The van der Waals surface area contributed by atoms with Crippen molar-refractivity contribution < 1.29 is 9.59 Å². The number of aromatic amines is 1. The van der Waals surface area contributed by atoms with E-state index in [-0.39, 0.29) is 0 Å². The Balaban J connectivity index is 2.46. The van der Waals surface area contributed by atoms with E-state index in [1.807, 2.05) is 21.4 Å². The second-order valence-corrected chi connectivity index (χ2v) is 2.52. The lowest BCUT2D eigenvalue weighted by molar-refractivity contribution is 0.202. The maximum absolute atomic E-state index is 11.2. The molecule has 0 unspecified atom stereocenters. The molecule has 2 rings (SSSR count). The maximum Gasteiger partial charge on any atom is 0.402 e. The van der Waals surface area contributed by atoms with E-state index >= 15 is 0 Å². The summed E-state index contributed by atoms with van der Waals surface area (Å²) in [6, 6.07) is -1.70. The van der Waals surface area contributed by atoms with E-state index in [2.05, 4.69) is 10.2 Å². The van der Waals surface area contributed by atoms with Crippen LogP contribution in [0.1, 0.15) is 0 Å². The molecule has 0 spiro atoms. The van der Waals surface area contributed by atoms with Crippen LogP contribution in [-0.2, 0) is 0 Å². The van der Waals surface area contributed by atoms with Gasteiger partial charge in [0.05, 0.1) is 0 Å². The molecule has 12 heteroatoms. The van der Waals surface area contributed by atoms with Gasteiger partial charge in [0.2, 0.25) is 0 Å². The minimum absolute atomic E-state index is 0.392. The third kappa shape index (κ3) is 1.54. The Labute approximate surface area is 85.1 Å². The number of nitrogens with zero attached hydrogens (tertiary/aromatic N) is 4. The molecule has 0 aromatic carbocycles. The standard InChI is InChI=1S/C4H4N8O4/c13-1-5-7-3(15)11(9-1)12-4(16)8-6-2(14)10-12/h(H,7,15)(H,10,14)(H2,5,9,13). The summed E-state index contributed by atoms with van der Waals surface area (Å²) in [5.74, 6) is 0. The molecule has 0 saturated carbocycles. The zero-order valence-corrected chi connectivity index (χ0v) is 7.42. The van der Waals surface area contributed by atoms with Crippen molar-refractivity contribution in [3.63, 3.8) is 0 Å². The fraction of sp³-hybridized carbons (Fsp3) is 0. The molecule has 2 heterocycles. The van der Waals surface area contributed by atoms with Crippen LogP contribution in [0, 0.1) is 0 Å². The maximum atomic E-state index is 11.2. The van der Waals surface area contributed by atoms with Crippen molar-refractivity contribution in [3.8, 4) is 0 Å². The van der Waals surface area contributed by atoms with E-state index in [0.717, 1.165) is 0 Å². The average Bonchev–Trinajstić information content (AvgIpc) is 2.25. The van der Waals surface area contributed by atoms with Gasteiger partial charge in [-0.05, 0) is 0 Å². The second kappa shape index (κ2) is 3.34. The van der Waals surface area contributed by atoms with Crippen LogP contribution in [-0.4, -0.2) is 32.1 Å². The van der Waals surface area contributed by atoms with Crippen molar-refractivity contribution in [3.05, 3.63) is 21.0 Å². The Morgan fingerprint density at radius 1 is 1.00 bits per heavy atom. The smallest absolute Gasteiger partial charge is 0.246 e. The summed E-state index contributed by atoms with van der Waals surface area (Å²) in [6.07, 6.45) is 0. The Morgan fingerprint density at radius 2 is 1.75 bits per heavy atom. The van der Waals surface area contributed by atoms with E-state index in [4.69, 9.17) is 0 Å². The van der Waals surface area contributed by atoms with Crippen LogP contribution >= 0.6 is 0 Å². The summed E-state index contributed by atoms with van der Waals surface area (Å²) in [5.41, 5.74) is 3.80. The van der Waals surface area contributed by atoms with Gasteiger partial charge in [-0.1, -0.05) is 10.2 Å². The van der Waals surface area contributed by atoms with Crippen molar-refractivity contribution in [2.45, 2.75) is 0 Å². The molecule has 0 aliphatic carbocycles. The molecular formula is C4H4N8O4. The Bertz CT molecular complexity index is 558. The molecule has 1 saturated heterocycles. The Morgan fingerprint density at radius 3 is 2.50 bits per heavy atom. The summed E-state index contributed by atoms with van der Waals surface area (Å²) in [4.78, 5) is 44.4. The number of aromatic nitrogens is 4. The number of urea groups is 2. The van der Waals surface area contributed by atoms with Crippen molar-refractivity contribution >= 4 is 12.1 Å². The summed E-state index contributed by atoms with van der Waals surface area (Å²) in [6.45, 7) is 0. The van der Waals surface area contributed by atoms with Gasteiger partial charge in [-0.3, -0.25) is 0 Å². The molecule has 0 atom stereocenters. The lowest BCUT2D eigenvalue weighted by atomic mass is 10.9. The van der Waals surface area contributed by atoms with Gasteiger partial charge < -0.3 is 0 Å². The lowest BCUT2D eigenvalue weighted by Crippen LogP contribution is -2.71. The molecule has 16 heavy (non-hydrogen) atoms. The van der Waals surface area contributed by atoms with E-state index in [0.29, 0.717) is 9.91 Å². The molecule has 1 aromatic heterocycles.